The van der Waals surface area contributed by atoms with Gasteiger partial charge in [-0.1, -0.05) is 63.9 Å². The van der Waals surface area contributed by atoms with Crippen molar-refractivity contribution >= 4 is 34.7 Å². The summed E-state index contributed by atoms with van der Waals surface area (Å²) >= 11 is 0.965. The van der Waals surface area contributed by atoms with Gasteiger partial charge in [-0.15, -0.1) is 0 Å². The molecule has 1 aliphatic carbocycles. The Morgan fingerprint density at radius 2 is 1.74 bits per heavy atom. The number of carbonyl (C=O) groups excluding carboxylic acids is 4. The third kappa shape index (κ3) is 8.56. The van der Waals surface area contributed by atoms with E-state index in [4.69, 9.17) is 4.74 Å². The summed E-state index contributed by atoms with van der Waals surface area (Å²) in [6.07, 6.45) is 4.22. The molecule has 9 heteroatoms. The topological polar surface area (TPSA) is 122 Å². The van der Waals surface area contributed by atoms with Crippen molar-refractivity contribution in [1.82, 2.24) is 10.6 Å². The molecule has 0 bridgehead atoms. The lowest BCUT2D eigenvalue weighted by molar-refractivity contribution is -0.149. The van der Waals surface area contributed by atoms with E-state index < -0.39 is 28.7 Å². The third-order valence-electron chi connectivity index (χ3n) is 6.12. The highest BCUT2D eigenvalue weighted by atomic mass is 32.2. The molecule has 0 radical (unpaired) electrons. The molecule has 1 aromatic rings. The molecule has 2 rings (SSSR count). The highest BCUT2D eigenvalue weighted by molar-refractivity contribution is 8.14. The Hall–Kier alpha value is -2.55. The van der Waals surface area contributed by atoms with E-state index in [1.807, 2.05) is 20.8 Å². The number of nitrogens with one attached hydrogen (secondary N) is 2. The molecule has 1 aromatic carbocycles. The van der Waals surface area contributed by atoms with Crippen LogP contribution in [-0.2, 0) is 30.3 Å². The van der Waals surface area contributed by atoms with Gasteiger partial charge in [0.15, 0.2) is 5.12 Å². The number of unbranched alkanes of at least 4 members (excludes halogenated alkanes) is 1. The van der Waals surface area contributed by atoms with Crippen LogP contribution in [0, 0.1) is 5.92 Å². The molecule has 1 aliphatic rings. The lowest BCUT2D eigenvalue weighted by atomic mass is 9.94. The lowest BCUT2D eigenvalue weighted by Crippen LogP contribution is -2.61. The van der Waals surface area contributed by atoms with E-state index >= 15 is 0 Å². The summed E-state index contributed by atoms with van der Waals surface area (Å²) < 4.78 is 5.40. The maximum absolute atomic E-state index is 13.6. The van der Waals surface area contributed by atoms with Crippen LogP contribution in [0.3, 0.4) is 0 Å². The zero-order chi connectivity index (χ0) is 26.0. The molecular formula is C26H38N2O6S. The van der Waals surface area contributed by atoms with Gasteiger partial charge in [-0.3, -0.25) is 14.4 Å². The highest BCUT2D eigenvalue weighted by Crippen LogP contribution is 2.32. The zero-order valence-electron chi connectivity index (χ0n) is 21.1. The summed E-state index contributed by atoms with van der Waals surface area (Å²) in [6, 6.07) is 5.48. The number of hydrogen-bond donors (Lipinski definition) is 3. The Morgan fingerprint density at radius 1 is 1.11 bits per heavy atom. The number of aromatic hydroxyl groups is 1. The first kappa shape index (κ1) is 28.7. The lowest BCUT2D eigenvalue weighted by Gasteiger charge is -2.33. The second-order valence-corrected chi connectivity index (χ2v) is 10.8. The molecule has 0 aliphatic heterocycles. The largest absolute Gasteiger partial charge is 0.508 e. The molecular weight excluding hydrogens is 468 g/mol. The van der Waals surface area contributed by atoms with E-state index in [9.17, 15) is 24.3 Å². The molecule has 194 valence electrons. The first-order valence-corrected chi connectivity index (χ1v) is 13.2. The summed E-state index contributed by atoms with van der Waals surface area (Å²) in [6.45, 7) is 7.40. The van der Waals surface area contributed by atoms with E-state index in [2.05, 4.69) is 10.6 Å². The van der Waals surface area contributed by atoms with Crippen molar-refractivity contribution in [3.63, 3.8) is 0 Å². The Kier molecular flexibility index (Phi) is 11.1. The molecule has 3 N–H and O–H groups in total. The number of thioether (sulfide) groups is 1. The van der Waals surface area contributed by atoms with Crippen molar-refractivity contribution in [1.29, 1.82) is 0 Å². The van der Waals surface area contributed by atoms with Crippen molar-refractivity contribution in [2.45, 2.75) is 89.5 Å². The number of carbonyl (C=O) groups is 4. The van der Waals surface area contributed by atoms with Crippen LogP contribution in [0.5, 0.6) is 5.75 Å². The molecule has 0 spiro atoms. The van der Waals surface area contributed by atoms with Gasteiger partial charge in [0.05, 0.1) is 11.9 Å². The minimum Gasteiger partial charge on any atom is -0.508 e. The number of amides is 2. The average Bonchev–Trinajstić information content (AvgIpc) is 3.27. The first-order chi connectivity index (χ1) is 16.6. The smallest absolute Gasteiger partial charge is 0.328 e. The van der Waals surface area contributed by atoms with Crippen LogP contribution in [0.15, 0.2) is 24.3 Å². The Labute approximate surface area is 212 Å². The molecule has 1 saturated carbocycles. The van der Waals surface area contributed by atoms with Gasteiger partial charge in [0.2, 0.25) is 11.8 Å². The minimum atomic E-state index is -1.14. The van der Waals surface area contributed by atoms with Crippen LogP contribution in [-0.4, -0.2) is 51.4 Å². The molecule has 2 amide bonds. The summed E-state index contributed by atoms with van der Waals surface area (Å²) in [5.41, 5.74) is -0.388. The van der Waals surface area contributed by atoms with E-state index in [-0.39, 0.29) is 35.7 Å². The Balaban J connectivity index is 2.22. The Bertz CT molecular complexity index is 880. The molecule has 0 heterocycles. The summed E-state index contributed by atoms with van der Waals surface area (Å²) in [7, 11) is 0. The summed E-state index contributed by atoms with van der Waals surface area (Å²) in [4.78, 5) is 51.2. The van der Waals surface area contributed by atoms with Gasteiger partial charge in [0.1, 0.15) is 17.3 Å². The van der Waals surface area contributed by atoms with Gasteiger partial charge in [0.25, 0.3) is 0 Å². The van der Waals surface area contributed by atoms with E-state index in [0.29, 0.717) is 12.8 Å². The van der Waals surface area contributed by atoms with Gasteiger partial charge in [-0.2, -0.15) is 0 Å². The van der Waals surface area contributed by atoms with Gasteiger partial charge in [-0.05, 0) is 42.9 Å². The number of esters is 1. The number of rotatable bonds is 12. The van der Waals surface area contributed by atoms with Crippen molar-refractivity contribution in [3.05, 3.63) is 29.8 Å². The predicted molar refractivity (Wildman–Crippen MR) is 136 cm³/mol. The zero-order valence-corrected chi connectivity index (χ0v) is 21.9. The van der Waals surface area contributed by atoms with Crippen LogP contribution >= 0.6 is 11.8 Å². The molecule has 0 saturated heterocycles. The Morgan fingerprint density at radius 3 is 2.29 bits per heavy atom. The number of hydrogen-bond acceptors (Lipinski definition) is 7. The van der Waals surface area contributed by atoms with Crippen LogP contribution in [0.2, 0.25) is 0 Å². The van der Waals surface area contributed by atoms with Crippen LogP contribution < -0.4 is 10.6 Å². The molecule has 35 heavy (non-hydrogen) atoms. The molecule has 1 fully saturated rings. The normalized spacial score (nSPS) is 16.4. The van der Waals surface area contributed by atoms with Gasteiger partial charge >= 0.3 is 5.97 Å². The molecule has 1 unspecified atom stereocenters. The van der Waals surface area contributed by atoms with E-state index in [1.54, 1.807) is 12.1 Å². The number of ether oxygens (including phenoxy) is 1. The van der Waals surface area contributed by atoms with Crippen molar-refractivity contribution < 1.29 is 29.0 Å². The van der Waals surface area contributed by atoms with Crippen molar-refractivity contribution in [2.24, 2.45) is 5.92 Å². The molecule has 2 atom stereocenters. The molecule has 8 nitrogen and oxygen atoms in total. The standard InChI is InChI=1S/C26H38N2O6S/c1-5-6-15-34-24(32)21(16-19-9-11-20(30)12-10-19)27-25(33)26(13-7-8-14-26)28-23(31)22(17(2)3)35-18(4)29/h9-12,17,21-22,30H,5-8,13-16H2,1-4H3,(H,27,33)(H,28,31)/t21-,22?/m0/s1. The summed E-state index contributed by atoms with van der Waals surface area (Å²) in [5, 5.41) is 14.6. The minimum absolute atomic E-state index is 0.0961. The maximum atomic E-state index is 13.6. The van der Waals surface area contributed by atoms with Crippen LogP contribution in [0.4, 0.5) is 0 Å². The van der Waals surface area contributed by atoms with Crippen molar-refractivity contribution in [3.8, 4) is 5.75 Å². The number of benzene rings is 1. The SMILES string of the molecule is CCCCOC(=O)[C@H](Cc1ccc(O)cc1)NC(=O)C1(NC(=O)C(SC(C)=O)C(C)C)CCCC1. The molecule has 0 aromatic heterocycles. The predicted octanol–water partition coefficient (Wildman–Crippen LogP) is 3.50. The monoisotopic (exact) mass is 506 g/mol. The second kappa shape index (κ2) is 13.5. The van der Waals surface area contributed by atoms with Crippen molar-refractivity contribution in [2.75, 3.05) is 6.61 Å². The second-order valence-electron chi connectivity index (χ2n) is 9.47. The average molecular weight is 507 g/mol. The maximum Gasteiger partial charge on any atom is 0.328 e. The number of phenolic OH excluding ortho intramolecular Hbond substituents is 1. The van der Waals surface area contributed by atoms with Gasteiger partial charge in [0, 0.05) is 13.3 Å². The fourth-order valence-electron chi connectivity index (χ4n) is 4.14. The van der Waals surface area contributed by atoms with Crippen LogP contribution in [0.1, 0.15) is 71.8 Å². The highest BCUT2D eigenvalue weighted by Gasteiger charge is 2.45. The quantitative estimate of drug-likeness (QED) is 0.293. The van der Waals surface area contributed by atoms with E-state index in [1.165, 1.54) is 19.1 Å². The van der Waals surface area contributed by atoms with Gasteiger partial charge < -0.3 is 20.5 Å². The van der Waals surface area contributed by atoms with Gasteiger partial charge in [-0.25, -0.2) is 4.79 Å². The summed E-state index contributed by atoms with van der Waals surface area (Å²) in [5.74, 6) is -1.30. The number of phenols is 1. The fraction of sp³-hybridized carbons (Fsp3) is 0.615. The van der Waals surface area contributed by atoms with Crippen LogP contribution in [0.25, 0.3) is 0 Å². The van der Waals surface area contributed by atoms with E-state index in [0.717, 1.165) is 43.0 Å². The first-order valence-electron chi connectivity index (χ1n) is 12.3. The fourth-order valence-corrected chi connectivity index (χ4v) is 4.94. The third-order valence-corrected chi connectivity index (χ3v) is 7.46.